The van der Waals surface area contributed by atoms with Crippen molar-refractivity contribution in [2.45, 2.75) is 116 Å². The van der Waals surface area contributed by atoms with Crippen molar-refractivity contribution in [2.24, 2.45) is 5.41 Å². The van der Waals surface area contributed by atoms with Crippen molar-refractivity contribution in [3.63, 3.8) is 0 Å². The van der Waals surface area contributed by atoms with E-state index in [0.29, 0.717) is 31.6 Å². The van der Waals surface area contributed by atoms with Gasteiger partial charge in [-0.2, -0.15) is 11.8 Å². The molecule has 3 amide bonds. The van der Waals surface area contributed by atoms with Gasteiger partial charge in [0.1, 0.15) is 0 Å². The molecule has 0 aliphatic carbocycles. The summed E-state index contributed by atoms with van der Waals surface area (Å²) in [5.41, 5.74) is -0.379. The lowest BCUT2D eigenvalue weighted by Crippen LogP contribution is -2.45. The highest BCUT2D eigenvalue weighted by atomic mass is 32.2. The number of thioether (sulfide) groups is 1. The molecule has 40 heavy (non-hydrogen) atoms. The summed E-state index contributed by atoms with van der Waals surface area (Å²) in [6, 6.07) is 7.52. The molecule has 1 aliphatic heterocycles. The highest BCUT2D eigenvalue weighted by molar-refractivity contribution is 8.00. The molecule has 1 atom stereocenters. The molecule has 0 aromatic heterocycles. The van der Waals surface area contributed by atoms with Crippen LogP contribution in [0, 0.1) is 5.41 Å². The Morgan fingerprint density at radius 1 is 0.975 bits per heavy atom. The van der Waals surface area contributed by atoms with Crippen molar-refractivity contribution >= 4 is 48.7 Å². The largest absolute Gasteiger partial charge is 0.376 e. The summed E-state index contributed by atoms with van der Waals surface area (Å²) in [6.07, 6.45) is 5.13. The van der Waals surface area contributed by atoms with Gasteiger partial charge in [-0.25, -0.2) is 4.90 Å². The Kier molecular flexibility index (Phi) is 11.3. The number of carbonyl (C=O) groups excluding carboxylic acids is 4. The molecule has 1 saturated heterocycles. The topological polar surface area (TPSA) is 92.8 Å². The van der Waals surface area contributed by atoms with Crippen molar-refractivity contribution < 1.29 is 23.9 Å². The Morgan fingerprint density at radius 3 is 2.10 bits per heavy atom. The van der Waals surface area contributed by atoms with Gasteiger partial charge in [-0.15, -0.1) is 0 Å². The second-order valence-corrected chi connectivity index (χ2v) is 14.5. The molecule has 0 bridgehead atoms. The van der Waals surface area contributed by atoms with Crippen LogP contribution in [0.4, 0.5) is 5.69 Å². The number of nitrogens with zero attached hydrogens (tertiary/aromatic N) is 1. The summed E-state index contributed by atoms with van der Waals surface area (Å²) in [4.78, 5) is 50.6. The van der Waals surface area contributed by atoms with Crippen molar-refractivity contribution in [3.8, 4) is 0 Å². The quantitative estimate of drug-likeness (QED) is 0.227. The van der Waals surface area contributed by atoms with E-state index in [-0.39, 0.29) is 40.5 Å². The molecule has 1 aromatic carbocycles. The maximum atomic E-state index is 12.9. The van der Waals surface area contributed by atoms with Gasteiger partial charge in [-0.05, 0) is 82.7 Å². The number of benzene rings is 1. The molecule has 0 spiro atoms. The average molecular weight is 571 g/mol. The van der Waals surface area contributed by atoms with Crippen LogP contribution in [0.25, 0.3) is 0 Å². The molecule has 220 valence electrons. The number of anilines is 1. The molecule has 0 saturated carbocycles. The minimum Gasteiger partial charge on any atom is -0.376 e. The molecule has 7 nitrogen and oxygen atoms in total. The molecule has 1 unspecified atom stereocenters. The van der Waals surface area contributed by atoms with Gasteiger partial charge in [0.2, 0.25) is 17.7 Å². The highest BCUT2D eigenvalue weighted by Crippen LogP contribution is 2.33. The van der Waals surface area contributed by atoms with Crippen LogP contribution in [-0.2, 0) is 29.3 Å². The summed E-state index contributed by atoms with van der Waals surface area (Å²) in [5, 5.41) is 2.86. The molecule has 1 heterocycles. The smallest absolute Gasteiger partial charge is 0.247 e. The fourth-order valence-corrected chi connectivity index (χ4v) is 5.20. The van der Waals surface area contributed by atoms with Gasteiger partial charge in [0.15, 0.2) is 7.85 Å². The van der Waals surface area contributed by atoms with Gasteiger partial charge < -0.3 is 14.8 Å². The van der Waals surface area contributed by atoms with E-state index in [4.69, 9.17) is 12.6 Å². The van der Waals surface area contributed by atoms with E-state index < -0.39 is 16.6 Å². The first-order valence-corrected chi connectivity index (χ1v) is 15.3. The fraction of sp³-hybridized carbons (Fsp3) is 0.677. The zero-order valence-corrected chi connectivity index (χ0v) is 26.6. The van der Waals surface area contributed by atoms with Gasteiger partial charge in [0.25, 0.3) is 0 Å². The third-order valence-corrected chi connectivity index (χ3v) is 8.93. The number of rotatable bonds is 15. The van der Waals surface area contributed by atoms with E-state index in [1.54, 1.807) is 0 Å². The summed E-state index contributed by atoms with van der Waals surface area (Å²) in [5.74, 6) is -0.337. The van der Waals surface area contributed by atoms with Crippen LogP contribution in [0.3, 0.4) is 0 Å². The van der Waals surface area contributed by atoms with Gasteiger partial charge in [0.05, 0.1) is 22.2 Å². The fourth-order valence-electron chi connectivity index (χ4n) is 4.59. The monoisotopic (exact) mass is 570 g/mol. The standard InChI is InChI=1S/C31H47BN2O5S/c1-28(2,21-10-12-22(13-11-21)34-25(36)20-23(40-9)26(34)37)15-14-24(35)33-30(5,6)16-17-31(7,8)39-19-18-29(3,4)27(32)38/h10-13,23H,14-20H2,1-9H3,(H,33,35). The van der Waals surface area contributed by atoms with Gasteiger partial charge in [-0.1, -0.05) is 39.8 Å². The van der Waals surface area contributed by atoms with Gasteiger partial charge in [0, 0.05) is 30.4 Å². The summed E-state index contributed by atoms with van der Waals surface area (Å²) in [6.45, 7) is 16.3. The molecule has 1 aromatic rings. The van der Waals surface area contributed by atoms with Gasteiger partial charge >= 0.3 is 0 Å². The molecule has 9 heteroatoms. The zero-order chi connectivity index (χ0) is 30.5. The van der Waals surface area contributed by atoms with E-state index in [1.807, 2.05) is 72.1 Å². The minimum absolute atomic E-state index is 0.00649. The number of hydrogen-bond acceptors (Lipinski definition) is 6. The van der Waals surface area contributed by atoms with E-state index in [1.165, 1.54) is 16.7 Å². The number of ether oxygens (including phenoxy) is 1. The lowest BCUT2D eigenvalue weighted by Gasteiger charge is -2.33. The van der Waals surface area contributed by atoms with Crippen molar-refractivity contribution in [1.29, 1.82) is 0 Å². The Balaban J connectivity index is 1.87. The third-order valence-electron chi connectivity index (χ3n) is 7.99. The zero-order valence-electron chi connectivity index (χ0n) is 25.8. The Bertz CT molecular complexity index is 1080. The molecule has 1 N–H and O–H groups in total. The number of amides is 3. The normalized spacial score (nSPS) is 16.9. The average Bonchev–Trinajstić information content (AvgIpc) is 3.14. The summed E-state index contributed by atoms with van der Waals surface area (Å²) < 4.78 is 6.06. The first-order valence-electron chi connectivity index (χ1n) is 14.1. The molecule has 2 rings (SSSR count). The second kappa shape index (κ2) is 13.2. The first-order chi connectivity index (χ1) is 18.3. The highest BCUT2D eigenvalue weighted by Gasteiger charge is 2.39. The molecule has 2 radical (unpaired) electrons. The van der Waals surface area contributed by atoms with Crippen LogP contribution < -0.4 is 10.2 Å². The second-order valence-electron chi connectivity index (χ2n) is 13.5. The number of carbonyl (C=O) groups is 4. The van der Waals surface area contributed by atoms with Crippen LogP contribution in [0.2, 0.25) is 0 Å². The summed E-state index contributed by atoms with van der Waals surface area (Å²) >= 11 is 1.40. The van der Waals surface area contributed by atoms with Crippen molar-refractivity contribution in [3.05, 3.63) is 29.8 Å². The molecular formula is C31H47BN2O5S. The van der Waals surface area contributed by atoms with E-state index in [9.17, 15) is 19.2 Å². The lowest BCUT2D eigenvalue weighted by molar-refractivity contribution is -0.123. The molecule has 1 fully saturated rings. The first kappa shape index (κ1) is 34.1. The van der Waals surface area contributed by atoms with E-state index in [0.717, 1.165) is 18.4 Å². The summed E-state index contributed by atoms with van der Waals surface area (Å²) in [7, 11) is 5.45. The maximum absolute atomic E-state index is 12.9. The predicted molar refractivity (Wildman–Crippen MR) is 164 cm³/mol. The molecular weight excluding hydrogens is 523 g/mol. The van der Waals surface area contributed by atoms with Crippen molar-refractivity contribution in [2.75, 3.05) is 17.8 Å². The Morgan fingerprint density at radius 2 is 1.57 bits per heavy atom. The third kappa shape index (κ3) is 9.47. The Hall–Kier alpha value is -2.13. The number of nitrogens with one attached hydrogen (secondary N) is 1. The Labute approximate surface area is 246 Å². The lowest BCUT2D eigenvalue weighted by atomic mass is 9.75. The van der Waals surface area contributed by atoms with E-state index in [2.05, 4.69) is 19.2 Å². The van der Waals surface area contributed by atoms with Crippen LogP contribution in [0.15, 0.2) is 24.3 Å². The van der Waals surface area contributed by atoms with Crippen LogP contribution >= 0.6 is 11.8 Å². The van der Waals surface area contributed by atoms with E-state index >= 15 is 0 Å². The number of hydrogen-bond donors (Lipinski definition) is 1. The van der Waals surface area contributed by atoms with Crippen LogP contribution in [-0.4, -0.2) is 60.5 Å². The van der Waals surface area contributed by atoms with Crippen LogP contribution in [0.5, 0.6) is 0 Å². The predicted octanol–water partition coefficient (Wildman–Crippen LogP) is 5.32. The number of imide groups is 1. The van der Waals surface area contributed by atoms with Gasteiger partial charge in [-0.3, -0.25) is 14.4 Å². The molecule has 1 aliphatic rings. The van der Waals surface area contributed by atoms with Crippen molar-refractivity contribution in [1.82, 2.24) is 5.32 Å². The SMILES string of the molecule is [B]C(=O)C(C)(C)CCOC(C)(C)CCC(C)(C)NC(=O)CCC(C)(C)c1ccc(N2C(=O)CC(SC)C2=O)cc1. The van der Waals surface area contributed by atoms with Crippen LogP contribution in [0.1, 0.15) is 99.5 Å². The maximum Gasteiger partial charge on any atom is 0.247 e. The minimum atomic E-state index is -0.608.